The lowest BCUT2D eigenvalue weighted by molar-refractivity contribution is 0.0606. The van der Waals surface area contributed by atoms with Crippen molar-refractivity contribution in [2.75, 3.05) is 7.11 Å². The Morgan fingerprint density at radius 1 is 1.09 bits per heavy atom. The van der Waals surface area contributed by atoms with E-state index in [-0.39, 0.29) is 5.97 Å². The van der Waals surface area contributed by atoms with E-state index in [0.29, 0.717) is 4.88 Å². The van der Waals surface area contributed by atoms with Crippen molar-refractivity contribution in [1.29, 1.82) is 0 Å². The first-order valence-electron chi connectivity index (χ1n) is 7.60. The average molecular weight is 337 g/mol. The number of benzene rings is 1. The number of hydrogen-bond donors (Lipinski definition) is 0. The molecule has 1 aromatic heterocycles. The molecule has 118 valence electrons. The summed E-state index contributed by atoms with van der Waals surface area (Å²) in [5.41, 5.74) is 1.31. The van der Waals surface area contributed by atoms with Gasteiger partial charge in [-0.25, -0.2) is 4.79 Å². The molecule has 22 heavy (non-hydrogen) atoms. The number of carbonyl (C=O) groups excluding carboxylic acids is 1. The van der Waals surface area contributed by atoms with E-state index in [0.717, 1.165) is 24.3 Å². The predicted octanol–water partition coefficient (Wildman–Crippen LogP) is 5.53. The Bertz CT molecular complexity index is 607. The van der Waals surface area contributed by atoms with E-state index < -0.39 is 0 Å². The normalized spacial score (nSPS) is 10.6. The van der Waals surface area contributed by atoms with Crippen LogP contribution in [0.5, 0.6) is 0 Å². The number of hydrogen-bond acceptors (Lipinski definition) is 3. The molecule has 2 nitrogen and oxygen atoms in total. The van der Waals surface area contributed by atoms with Gasteiger partial charge < -0.3 is 4.74 Å². The Labute approximate surface area is 141 Å². The maximum absolute atomic E-state index is 11.4. The van der Waals surface area contributed by atoms with Crippen molar-refractivity contribution in [2.45, 2.75) is 38.5 Å². The lowest BCUT2D eigenvalue weighted by atomic mass is 10.1. The third kappa shape index (κ3) is 5.47. The fourth-order valence-electron chi connectivity index (χ4n) is 2.40. The smallest absolute Gasteiger partial charge is 0.348 e. The van der Waals surface area contributed by atoms with Crippen molar-refractivity contribution in [3.63, 3.8) is 0 Å². The van der Waals surface area contributed by atoms with Crippen LogP contribution in [0.1, 0.15) is 45.8 Å². The van der Waals surface area contributed by atoms with Crippen LogP contribution in [-0.2, 0) is 17.6 Å². The molecule has 0 saturated heterocycles. The number of unbranched alkanes of at least 4 members (excludes halogenated alkanes) is 3. The molecule has 0 N–H and O–H groups in total. The SMILES string of the molecule is COC(=O)c1ccc(CCCCCCc2cccc(Cl)c2)s1. The largest absolute Gasteiger partial charge is 0.465 e. The molecule has 0 unspecified atom stereocenters. The van der Waals surface area contributed by atoms with Crippen LogP contribution >= 0.6 is 22.9 Å². The van der Waals surface area contributed by atoms with Crippen molar-refractivity contribution in [3.05, 3.63) is 56.7 Å². The van der Waals surface area contributed by atoms with Crippen LogP contribution in [-0.4, -0.2) is 13.1 Å². The van der Waals surface area contributed by atoms with E-state index in [1.165, 1.54) is 48.1 Å². The van der Waals surface area contributed by atoms with Crippen LogP contribution in [0.4, 0.5) is 0 Å². The van der Waals surface area contributed by atoms with Gasteiger partial charge in [-0.15, -0.1) is 11.3 Å². The van der Waals surface area contributed by atoms with Crippen molar-refractivity contribution in [1.82, 2.24) is 0 Å². The van der Waals surface area contributed by atoms with Crippen LogP contribution in [0.15, 0.2) is 36.4 Å². The summed E-state index contributed by atoms with van der Waals surface area (Å²) in [6.45, 7) is 0. The minimum Gasteiger partial charge on any atom is -0.465 e. The highest BCUT2D eigenvalue weighted by Crippen LogP contribution is 2.20. The zero-order chi connectivity index (χ0) is 15.8. The Kier molecular flexibility index (Phi) is 6.94. The molecule has 4 heteroatoms. The first kappa shape index (κ1) is 17.0. The summed E-state index contributed by atoms with van der Waals surface area (Å²) in [6.07, 6.45) is 6.92. The minimum atomic E-state index is -0.238. The Morgan fingerprint density at radius 3 is 2.59 bits per heavy atom. The lowest BCUT2D eigenvalue weighted by Crippen LogP contribution is -1.96. The van der Waals surface area contributed by atoms with Gasteiger partial charge in [0.15, 0.2) is 0 Å². The summed E-state index contributed by atoms with van der Waals surface area (Å²) in [6, 6.07) is 12.0. The molecule has 1 heterocycles. The summed E-state index contributed by atoms with van der Waals surface area (Å²) in [5.74, 6) is -0.238. The van der Waals surface area contributed by atoms with E-state index in [1.807, 2.05) is 30.3 Å². The molecule has 1 aromatic carbocycles. The molecule has 0 aliphatic rings. The molecule has 2 rings (SSSR count). The van der Waals surface area contributed by atoms with Crippen LogP contribution in [0, 0.1) is 0 Å². The van der Waals surface area contributed by atoms with Gasteiger partial charge in [0, 0.05) is 9.90 Å². The lowest BCUT2D eigenvalue weighted by Gasteiger charge is -2.02. The fraction of sp³-hybridized carbons (Fsp3) is 0.389. The van der Waals surface area contributed by atoms with Crippen molar-refractivity contribution in [2.24, 2.45) is 0 Å². The van der Waals surface area contributed by atoms with E-state index in [2.05, 4.69) is 6.07 Å². The highest BCUT2D eigenvalue weighted by molar-refractivity contribution is 7.13. The molecule has 0 fully saturated rings. The molecule has 0 atom stereocenters. The van der Waals surface area contributed by atoms with Crippen LogP contribution in [0.25, 0.3) is 0 Å². The molecule has 0 amide bonds. The number of rotatable bonds is 8. The van der Waals surface area contributed by atoms with Gasteiger partial charge >= 0.3 is 5.97 Å². The maximum atomic E-state index is 11.4. The summed E-state index contributed by atoms with van der Waals surface area (Å²) in [5, 5.41) is 0.816. The number of thiophene rings is 1. The minimum absolute atomic E-state index is 0.238. The van der Waals surface area contributed by atoms with Crippen molar-refractivity contribution >= 4 is 28.9 Å². The summed E-state index contributed by atoms with van der Waals surface area (Å²) < 4.78 is 4.72. The molecule has 0 aliphatic carbocycles. The zero-order valence-electron chi connectivity index (χ0n) is 12.8. The number of esters is 1. The first-order valence-corrected chi connectivity index (χ1v) is 8.80. The summed E-state index contributed by atoms with van der Waals surface area (Å²) in [4.78, 5) is 13.3. The number of ether oxygens (including phenoxy) is 1. The van der Waals surface area contributed by atoms with Gasteiger partial charge in [0.25, 0.3) is 0 Å². The molecular formula is C18H21ClO2S. The van der Waals surface area contributed by atoms with Gasteiger partial charge in [-0.1, -0.05) is 36.6 Å². The van der Waals surface area contributed by atoms with Gasteiger partial charge in [0.2, 0.25) is 0 Å². The Morgan fingerprint density at radius 2 is 1.86 bits per heavy atom. The number of methoxy groups -OCH3 is 1. The Balaban J connectivity index is 1.61. The van der Waals surface area contributed by atoms with Crippen molar-refractivity contribution < 1.29 is 9.53 Å². The molecule has 2 aromatic rings. The second-order valence-corrected chi connectivity index (χ2v) is 6.91. The molecule has 0 spiro atoms. The van der Waals surface area contributed by atoms with Crippen molar-refractivity contribution in [3.8, 4) is 0 Å². The van der Waals surface area contributed by atoms with E-state index >= 15 is 0 Å². The molecule has 0 saturated carbocycles. The average Bonchev–Trinajstić information content (AvgIpc) is 2.99. The van der Waals surface area contributed by atoms with Crippen LogP contribution in [0.3, 0.4) is 0 Å². The second-order valence-electron chi connectivity index (χ2n) is 5.30. The number of aryl methyl sites for hydroxylation is 2. The first-order chi connectivity index (χ1) is 10.7. The second kappa shape index (κ2) is 8.96. The predicted molar refractivity (Wildman–Crippen MR) is 93.0 cm³/mol. The van der Waals surface area contributed by atoms with Crippen LogP contribution < -0.4 is 0 Å². The van der Waals surface area contributed by atoms with Gasteiger partial charge in [0.1, 0.15) is 4.88 Å². The summed E-state index contributed by atoms with van der Waals surface area (Å²) >= 11 is 7.52. The van der Waals surface area contributed by atoms with Crippen LogP contribution in [0.2, 0.25) is 5.02 Å². The molecule has 0 bridgehead atoms. The van der Waals surface area contributed by atoms with E-state index in [4.69, 9.17) is 16.3 Å². The van der Waals surface area contributed by atoms with E-state index in [9.17, 15) is 4.79 Å². The number of halogens is 1. The quantitative estimate of drug-likeness (QED) is 0.467. The maximum Gasteiger partial charge on any atom is 0.348 e. The monoisotopic (exact) mass is 336 g/mol. The summed E-state index contributed by atoms with van der Waals surface area (Å²) in [7, 11) is 1.42. The number of carbonyl (C=O) groups is 1. The third-order valence-corrected chi connectivity index (χ3v) is 4.94. The molecule has 0 radical (unpaired) electrons. The van der Waals surface area contributed by atoms with Gasteiger partial charge in [-0.2, -0.15) is 0 Å². The van der Waals surface area contributed by atoms with Gasteiger partial charge in [-0.3, -0.25) is 0 Å². The zero-order valence-corrected chi connectivity index (χ0v) is 14.4. The molecule has 0 aliphatic heterocycles. The van der Waals surface area contributed by atoms with Gasteiger partial charge in [0.05, 0.1) is 7.11 Å². The van der Waals surface area contributed by atoms with Gasteiger partial charge in [-0.05, 0) is 55.5 Å². The third-order valence-electron chi connectivity index (χ3n) is 3.58. The van der Waals surface area contributed by atoms with E-state index in [1.54, 1.807) is 0 Å². The highest BCUT2D eigenvalue weighted by Gasteiger charge is 2.08. The molecular weight excluding hydrogens is 316 g/mol. The highest BCUT2D eigenvalue weighted by atomic mass is 35.5. The fourth-order valence-corrected chi connectivity index (χ4v) is 3.58. The standard InChI is InChI=1S/C18H21ClO2S/c1-21-18(20)17-12-11-16(22-17)10-5-3-2-4-7-14-8-6-9-15(19)13-14/h6,8-9,11-13H,2-5,7,10H2,1H3. The Hall–Kier alpha value is -1.32. The topological polar surface area (TPSA) is 26.3 Å².